The van der Waals surface area contributed by atoms with Gasteiger partial charge in [0.2, 0.25) is 0 Å². The molecule has 0 saturated carbocycles. The predicted molar refractivity (Wildman–Crippen MR) is 113 cm³/mol. The number of ether oxygens (including phenoxy) is 5. The molecule has 162 valence electrons. The predicted octanol–water partition coefficient (Wildman–Crippen LogP) is 3.09. The van der Waals surface area contributed by atoms with Gasteiger partial charge in [0.1, 0.15) is 24.4 Å². The lowest BCUT2D eigenvalue weighted by Gasteiger charge is -2.45. The van der Waals surface area contributed by atoms with Crippen LogP contribution < -0.4 is 0 Å². The summed E-state index contributed by atoms with van der Waals surface area (Å²) in [6.45, 7) is 4.55. The van der Waals surface area contributed by atoms with Crippen LogP contribution in [0.2, 0.25) is 0 Å². The number of benzene rings is 2. The zero-order valence-corrected chi connectivity index (χ0v) is 17.3. The van der Waals surface area contributed by atoms with E-state index in [-0.39, 0.29) is 6.61 Å². The van der Waals surface area contributed by atoms with Gasteiger partial charge >= 0.3 is 0 Å². The van der Waals surface area contributed by atoms with E-state index in [0.29, 0.717) is 19.8 Å². The van der Waals surface area contributed by atoms with Crippen LogP contribution >= 0.6 is 0 Å². The third-order valence-corrected chi connectivity index (χ3v) is 4.98. The van der Waals surface area contributed by atoms with Crippen molar-refractivity contribution in [2.45, 2.75) is 43.9 Å². The Labute approximate surface area is 178 Å². The third-order valence-electron chi connectivity index (χ3n) is 4.98. The lowest BCUT2D eigenvalue weighted by Crippen LogP contribution is -2.61. The van der Waals surface area contributed by atoms with Crippen LogP contribution in [-0.2, 0) is 36.9 Å². The van der Waals surface area contributed by atoms with Crippen molar-refractivity contribution in [1.82, 2.24) is 0 Å². The Hall–Kier alpha value is -2.06. The summed E-state index contributed by atoms with van der Waals surface area (Å²) in [5, 5.41) is 9.96. The molecule has 0 radical (unpaired) electrons. The summed E-state index contributed by atoms with van der Waals surface area (Å²) in [5.41, 5.74) is 2.05. The Kier molecular flexibility index (Phi) is 9.01. The van der Waals surface area contributed by atoms with Gasteiger partial charge in [0.05, 0.1) is 26.4 Å². The lowest BCUT2D eigenvalue weighted by atomic mass is 9.98. The molecule has 5 atom stereocenters. The molecule has 0 bridgehead atoms. The van der Waals surface area contributed by atoms with Crippen molar-refractivity contribution in [3.8, 4) is 0 Å². The molecule has 1 fully saturated rings. The second-order valence-corrected chi connectivity index (χ2v) is 7.07. The van der Waals surface area contributed by atoms with E-state index in [9.17, 15) is 5.11 Å². The second kappa shape index (κ2) is 12.0. The number of hydrogen-bond acceptors (Lipinski definition) is 6. The number of aliphatic hydroxyl groups is 1. The smallest absolute Gasteiger partial charge is 0.186 e. The monoisotopic (exact) mass is 414 g/mol. The Morgan fingerprint density at radius 1 is 0.867 bits per heavy atom. The first-order valence-corrected chi connectivity index (χ1v) is 10.1. The molecule has 30 heavy (non-hydrogen) atoms. The summed E-state index contributed by atoms with van der Waals surface area (Å²) in [7, 11) is 1.54. The van der Waals surface area contributed by atoms with Crippen molar-refractivity contribution in [2.75, 3.05) is 20.3 Å². The molecular formula is C24H30O6. The molecule has 1 saturated heterocycles. The Morgan fingerprint density at radius 2 is 1.43 bits per heavy atom. The van der Waals surface area contributed by atoms with Gasteiger partial charge in [-0.2, -0.15) is 0 Å². The fourth-order valence-electron chi connectivity index (χ4n) is 3.49. The minimum absolute atomic E-state index is 0.224. The van der Waals surface area contributed by atoms with Crippen molar-refractivity contribution in [3.05, 3.63) is 84.4 Å². The van der Waals surface area contributed by atoms with Crippen molar-refractivity contribution in [1.29, 1.82) is 0 Å². The molecule has 0 amide bonds. The molecule has 6 nitrogen and oxygen atoms in total. The minimum Gasteiger partial charge on any atom is -0.394 e. The van der Waals surface area contributed by atoms with Crippen LogP contribution in [0.1, 0.15) is 11.1 Å². The molecule has 2 aromatic rings. The molecule has 0 unspecified atom stereocenters. The van der Waals surface area contributed by atoms with Gasteiger partial charge in [-0.15, -0.1) is 6.58 Å². The summed E-state index contributed by atoms with van der Waals surface area (Å²) in [5.74, 6) is 0. The number of methoxy groups -OCH3 is 1. The molecule has 2 aromatic carbocycles. The molecule has 0 aliphatic carbocycles. The molecule has 0 aromatic heterocycles. The summed E-state index contributed by atoms with van der Waals surface area (Å²) in [6, 6.07) is 19.7. The molecular weight excluding hydrogens is 384 g/mol. The average molecular weight is 414 g/mol. The average Bonchev–Trinajstić information content (AvgIpc) is 2.81. The Bertz CT molecular complexity index is 738. The van der Waals surface area contributed by atoms with Crippen LogP contribution in [0.3, 0.4) is 0 Å². The van der Waals surface area contributed by atoms with Crippen molar-refractivity contribution in [3.63, 3.8) is 0 Å². The highest BCUT2D eigenvalue weighted by Gasteiger charge is 2.48. The van der Waals surface area contributed by atoms with E-state index in [1.54, 1.807) is 13.2 Å². The molecule has 1 N–H and O–H groups in total. The van der Waals surface area contributed by atoms with Gasteiger partial charge in [0, 0.05) is 7.11 Å². The summed E-state index contributed by atoms with van der Waals surface area (Å²) >= 11 is 0. The third kappa shape index (κ3) is 5.98. The SMILES string of the molecule is C=CCO[C@H]1[C@@H](OC)O[C@@H](CO)[C@H](OCc2ccccc2)[C@@H]1OCc1ccccc1. The number of rotatable bonds is 11. The quantitative estimate of drug-likeness (QED) is 0.570. The van der Waals surface area contributed by atoms with E-state index in [0.717, 1.165) is 11.1 Å². The van der Waals surface area contributed by atoms with Crippen LogP contribution in [0.4, 0.5) is 0 Å². The Balaban J connectivity index is 1.81. The highest BCUT2D eigenvalue weighted by molar-refractivity contribution is 5.14. The van der Waals surface area contributed by atoms with E-state index in [2.05, 4.69) is 6.58 Å². The first kappa shape index (κ1) is 22.6. The van der Waals surface area contributed by atoms with Gasteiger partial charge in [0.15, 0.2) is 6.29 Å². The Morgan fingerprint density at radius 3 is 1.93 bits per heavy atom. The molecule has 6 heteroatoms. The van der Waals surface area contributed by atoms with Gasteiger partial charge in [-0.25, -0.2) is 0 Å². The largest absolute Gasteiger partial charge is 0.394 e. The fraction of sp³-hybridized carbons (Fsp3) is 0.417. The molecule has 1 aliphatic rings. The summed E-state index contributed by atoms with van der Waals surface area (Å²) in [4.78, 5) is 0. The first-order valence-electron chi connectivity index (χ1n) is 10.1. The topological polar surface area (TPSA) is 66.4 Å². The van der Waals surface area contributed by atoms with E-state index < -0.39 is 30.7 Å². The van der Waals surface area contributed by atoms with Crippen LogP contribution in [0.5, 0.6) is 0 Å². The molecule has 0 spiro atoms. The number of aliphatic hydroxyl groups excluding tert-OH is 1. The molecule has 1 aliphatic heterocycles. The summed E-state index contributed by atoms with van der Waals surface area (Å²) < 4.78 is 29.9. The number of hydrogen-bond donors (Lipinski definition) is 1. The zero-order chi connectivity index (χ0) is 21.2. The van der Waals surface area contributed by atoms with E-state index in [1.807, 2.05) is 60.7 Å². The molecule has 3 rings (SSSR count). The maximum Gasteiger partial charge on any atom is 0.186 e. The molecule has 1 heterocycles. The summed E-state index contributed by atoms with van der Waals surface area (Å²) in [6.07, 6.45) is -1.23. The minimum atomic E-state index is -0.695. The normalized spacial score (nSPS) is 26.4. The lowest BCUT2D eigenvalue weighted by molar-refractivity contribution is -0.318. The van der Waals surface area contributed by atoms with E-state index in [4.69, 9.17) is 23.7 Å². The van der Waals surface area contributed by atoms with Gasteiger partial charge in [0.25, 0.3) is 0 Å². The van der Waals surface area contributed by atoms with Crippen molar-refractivity contribution < 1.29 is 28.8 Å². The fourth-order valence-corrected chi connectivity index (χ4v) is 3.49. The van der Waals surface area contributed by atoms with Gasteiger partial charge < -0.3 is 28.8 Å². The maximum atomic E-state index is 9.96. The maximum absolute atomic E-state index is 9.96. The van der Waals surface area contributed by atoms with Gasteiger partial charge in [-0.05, 0) is 11.1 Å². The van der Waals surface area contributed by atoms with Crippen molar-refractivity contribution >= 4 is 0 Å². The zero-order valence-electron chi connectivity index (χ0n) is 17.3. The van der Waals surface area contributed by atoms with Crippen LogP contribution in [0, 0.1) is 0 Å². The van der Waals surface area contributed by atoms with E-state index >= 15 is 0 Å². The second-order valence-electron chi connectivity index (χ2n) is 7.07. The highest BCUT2D eigenvalue weighted by Crippen LogP contribution is 2.30. The van der Waals surface area contributed by atoms with Crippen LogP contribution in [0.25, 0.3) is 0 Å². The van der Waals surface area contributed by atoms with Gasteiger partial charge in [-0.3, -0.25) is 0 Å². The van der Waals surface area contributed by atoms with Crippen LogP contribution in [0.15, 0.2) is 73.3 Å². The first-order chi connectivity index (χ1) is 14.8. The van der Waals surface area contributed by atoms with E-state index in [1.165, 1.54) is 0 Å². The van der Waals surface area contributed by atoms with Crippen LogP contribution in [-0.4, -0.2) is 56.1 Å². The highest BCUT2D eigenvalue weighted by atomic mass is 16.7. The standard InChI is InChI=1S/C24H30O6/c1-3-14-27-23-22(29-17-19-12-8-5-9-13-19)21(20(15-25)30-24(23)26-2)28-16-18-10-6-4-7-11-18/h3-13,20-25H,1,14-17H2,2H3/t20-,21-,22-,23+,24-/m0/s1. The van der Waals surface area contributed by atoms with Crippen molar-refractivity contribution in [2.24, 2.45) is 0 Å². The van der Waals surface area contributed by atoms with Gasteiger partial charge in [-0.1, -0.05) is 66.7 Å².